The SMILES string of the molecule is Cc1nc(CCn2c(C)cc(C(=O)CCl)c2C)no1. The molecule has 0 aliphatic heterocycles. The summed E-state index contributed by atoms with van der Waals surface area (Å²) in [5.41, 5.74) is 2.66. The van der Waals surface area contributed by atoms with Gasteiger partial charge in [-0.3, -0.25) is 4.79 Å². The van der Waals surface area contributed by atoms with Crippen LogP contribution in [-0.2, 0) is 13.0 Å². The number of alkyl halides is 1. The molecule has 0 aromatic carbocycles. The lowest BCUT2D eigenvalue weighted by Crippen LogP contribution is -2.08. The maximum atomic E-state index is 11.7. The van der Waals surface area contributed by atoms with E-state index in [0.29, 0.717) is 30.2 Å². The van der Waals surface area contributed by atoms with E-state index in [-0.39, 0.29) is 11.7 Å². The molecule has 2 aromatic heterocycles. The molecular weight excluding hydrogens is 266 g/mol. The van der Waals surface area contributed by atoms with E-state index in [2.05, 4.69) is 14.7 Å². The second kappa shape index (κ2) is 5.57. The lowest BCUT2D eigenvalue weighted by atomic mass is 10.2. The fourth-order valence-corrected chi connectivity index (χ4v) is 2.30. The van der Waals surface area contributed by atoms with Gasteiger partial charge in [-0.25, -0.2) is 0 Å². The molecule has 0 fully saturated rings. The van der Waals surface area contributed by atoms with Crippen LogP contribution < -0.4 is 0 Å². The minimum absolute atomic E-state index is 0.00826. The van der Waals surface area contributed by atoms with Gasteiger partial charge in [0, 0.05) is 36.8 Å². The van der Waals surface area contributed by atoms with Crippen LogP contribution in [0.2, 0.25) is 0 Å². The fraction of sp³-hybridized carbons (Fsp3) is 0.462. The Morgan fingerprint density at radius 2 is 2.16 bits per heavy atom. The zero-order valence-corrected chi connectivity index (χ0v) is 12.0. The number of aromatic nitrogens is 3. The third-order valence-electron chi connectivity index (χ3n) is 3.12. The van der Waals surface area contributed by atoms with Crippen molar-refractivity contribution >= 4 is 17.4 Å². The van der Waals surface area contributed by atoms with Crippen molar-refractivity contribution in [3.05, 3.63) is 34.7 Å². The van der Waals surface area contributed by atoms with E-state index >= 15 is 0 Å². The first-order chi connectivity index (χ1) is 9.02. The van der Waals surface area contributed by atoms with Gasteiger partial charge in [-0.15, -0.1) is 11.6 Å². The molecule has 0 saturated heterocycles. The predicted molar refractivity (Wildman–Crippen MR) is 71.7 cm³/mol. The zero-order valence-electron chi connectivity index (χ0n) is 11.2. The van der Waals surface area contributed by atoms with E-state index < -0.39 is 0 Å². The number of hydrogen-bond acceptors (Lipinski definition) is 4. The summed E-state index contributed by atoms with van der Waals surface area (Å²) < 4.78 is 7.01. The van der Waals surface area contributed by atoms with E-state index in [1.807, 2.05) is 19.9 Å². The molecule has 0 bridgehead atoms. The number of carbonyl (C=O) groups is 1. The van der Waals surface area contributed by atoms with E-state index in [1.54, 1.807) is 6.92 Å². The molecule has 19 heavy (non-hydrogen) atoms. The molecule has 0 N–H and O–H groups in total. The Morgan fingerprint density at radius 3 is 2.74 bits per heavy atom. The number of hydrogen-bond donors (Lipinski definition) is 0. The van der Waals surface area contributed by atoms with Crippen LogP contribution >= 0.6 is 11.6 Å². The van der Waals surface area contributed by atoms with Gasteiger partial charge in [0.15, 0.2) is 11.6 Å². The summed E-state index contributed by atoms with van der Waals surface area (Å²) in [6.45, 7) is 6.37. The normalized spacial score (nSPS) is 10.9. The third kappa shape index (κ3) is 2.87. The van der Waals surface area contributed by atoms with Crippen LogP contribution in [0.3, 0.4) is 0 Å². The molecule has 2 aromatic rings. The van der Waals surface area contributed by atoms with Crippen molar-refractivity contribution in [2.24, 2.45) is 0 Å². The summed E-state index contributed by atoms with van der Waals surface area (Å²) >= 11 is 5.60. The molecule has 0 unspecified atom stereocenters. The van der Waals surface area contributed by atoms with E-state index in [1.165, 1.54) is 0 Å². The molecule has 0 aliphatic carbocycles. The number of rotatable bonds is 5. The third-order valence-corrected chi connectivity index (χ3v) is 3.37. The highest BCUT2D eigenvalue weighted by Gasteiger charge is 2.15. The number of Topliss-reactive ketones (excluding diaryl/α,β-unsaturated/α-hetero) is 1. The van der Waals surface area contributed by atoms with Gasteiger partial charge in [0.05, 0.1) is 5.88 Å². The first kappa shape index (κ1) is 13.8. The van der Waals surface area contributed by atoms with Crippen LogP contribution in [0.5, 0.6) is 0 Å². The molecule has 2 rings (SSSR count). The molecule has 0 amide bonds. The summed E-state index contributed by atoms with van der Waals surface area (Å²) in [5, 5.41) is 3.86. The lowest BCUT2D eigenvalue weighted by Gasteiger charge is -2.07. The first-order valence-electron chi connectivity index (χ1n) is 6.08. The zero-order chi connectivity index (χ0) is 14.0. The van der Waals surface area contributed by atoms with Crippen molar-refractivity contribution in [2.75, 3.05) is 5.88 Å². The van der Waals surface area contributed by atoms with Crippen molar-refractivity contribution in [1.82, 2.24) is 14.7 Å². The quantitative estimate of drug-likeness (QED) is 0.624. The number of halogens is 1. The monoisotopic (exact) mass is 281 g/mol. The second-order valence-electron chi connectivity index (χ2n) is 4.47. The van der Waals surface area contributed by atoms with Crippen LogP contribution in [0.4, 0.5) is 0 Å². The van der Waals surface area contributed by atoms with Gasteiger partial charge in [0.1, 0.15) is 0 Å². The number of aryl methyl sites for hydroxylation is 3. The summed E-state index contributed by atoms with van der Waals surface area (Å²) in [7, 11) is 0. The molecular formula is C13H16ClN3O2. The van der Waals surface area contributed by atoms with Gasteiger partial charge in [0.25, 0.3) is 0 Å². The van der Waals surface area contributed by atoms with Gasteiger partial charge >= 0.3 is 0 Å². The fourth-order valence-electron chi connectivity index (χ4n) is 2.15. The minimum atomic E-state index is -0.0450. The van der Waals surface area contributed by atoms with E-state index in [9.17, 15) is 4.79 Å². The van der Waals surface area contributed by atoms with Crippen molar-refractivity contribution in [3.63, 3.8) is 0 Å². The lowest BCUT2D eigenvalue weighted by molar-refractivity contribution is 0.102. The topological polar surface area (TPSA) is 60.9 Å². The van der Waals surface area contributed by atoms with Gasteiger partial charge in [-0.05, 0) is 19.9 Å². The highest BCUT2D eigenvalue weighted by atomic mass is 35.5. The summed E-state index contributed by atoms with van der Waals surface area (Å²) in [6.07, 6.45) is 0.669. The van der Waals surface area contributed by atoms with Crippen molar-refractivity contribution in [3.8, 4) is 0 Å². The maximum Gasteiger partial charge on any atom is 0.223 e. The van der Waals surface area contributed by atoms with Crippen LogP contribution in [0.15, 0.2) is 10.6 Å². The standard InChI is InChI=1S/C13H16ClN3O2/c1-8-6-11(12(18)7-14)9(2)17(8)5-4-13-15-10(3)19-16-13/h6H,4-5,7H2,1-3H3. The molecule has 2 heterocycles. The van der Waals surface area contributed by atoms with Gasteiger partial charge in [-0.1, -0.05) is 5.16 Å². The molecule has 0 aliphatic rings. The highest BCUT2D eigenvalue weighted by molar-refractivity contribution is 6.30. The largest absolute Gasteiger partial charge is 0.348 e. The summed E-state index contributed by atoms with van der Waals surface area (Å²) in [4.78, 5) is 15.9. The highest BCUT2D eigenvalue weighted by Crippen LogP contribution is 2.17. The smallest absolute Gasteiger partial charge is 0.223 e. The summed E-state index contributed by atoms with van der Waals surface area (Å²) in [6, 6.07) is 1.88. The molecule has 102 valence electrons. The van der Waals surface area contributed by atoms with Crippen LogP contribution in [0.1, 0.15) is 33.5 Å². The summed E-state index contributed by atoms with van der Waals surface area (Å²) in [5.74, 6) is 1.20. The van der Waals surface area contributed by atoms with Crippen molar-refractivity contribution < 1.29 is 9.32 Å². The van der Waals surface area contributed by atoms with Crippen LogP contribution in [0, 0.1) is 20.8 Å². The Bertz CT molecular complexity index is 601. The van der Waals surface area contributed by atoms with E-state index in [0.717, 1.165) is 11.4 Å². The first-order valence-corrected chi connectivity index (χ1v) is 6.61. The number of nitrogens with zero attached hydrogens (tertiary/aromatic N) is 3. The molecule has 6 heteroatoms. The van der Waals surface area contributed by atoms with Gasteiger partial charge < -0.3 is 9.09 Å². The number of ketones is 1. The molecule has 0 saturated carbocycles. The molecule has 0 spiro atoms. The van der Waals surface area contributed by atoms with E-state index in [4.69, 9.17) is 16.1 Å². The van der Waals surface area contributed by atoms with Crippen molar-refractivity contribution in [1.29, 1.82) is 0 Å². The molecule has 0 radical (unpaired) electrons. The minimum Gasteiger partial charge on any atom is -0.348 e. The average molecular weight is 282 g/mol. The Balaban J connectivity index is 2.16. The maximum absolute atomic E-state index is 11.7. The van der Waals surface area contributed by atoms with Crippen molar-refractivity contribution in [2.45, 2.75) is 33.7 Å². The van der Waals surface area contributed by atoms with Crippen LogP contribution in [0.25, 0.3) is 0 Å². The Labute approximate surface area is 116 Å². The Kier molecular flexibility index (Phi) is 4.04. The average Bonchev–Trinajstić information content (AvgIpc) is 2.91. The second-order valence-corrected chi connectivity index (χ2v) is 4.74. The Morgan fingerprint density at radius 1 is 1.42 bits per heavy atom. The number of carbonyl (C=O) groups excluding carboxylic acids is 1. The Hall–Kier alpha value is -1.62. The van der Waals surface area contributed by atoms with Crippen LogP contribution in [-0.4, -0.2) is 26.4 Å². The predicted octanol–water partition coefficient (Wildman–Crippen LogP) is 2.46. The van der Waals surface area contributed by atoms with Gasteiger partial charge in [-0.2, -0.15) is 4.98 Å². The van der Waals surface area contributed by atoms with Gasteiger partial charge in [0.2, 0.25) is 5.89 Å². The molecule has 0 atom stereocenters. The molecule has 5 nitrogen and oxygen atoms in total.